The highest BCUT2D eigenvalue weighted by Crippen LogP contribution is 2.37. The minimum atomic E-state index is 0.591. The van der Waals surface area contributed by atoms with Crippen LogP contribution in [0, 0.1) is 6.92 Å². The number of hydrogen-bond donors (Lipinski definition) is 0. The SMILES string of the molecule is Cc1nc(Cl)c2c(n1)SC(C)C2. The monoisotopic (exact) mass is 200 g/mol. The highest BCUT2D eigenvalue weighted by molar-refractivity contribution is 8.00. The van der Waals surface area contributed by atoms with Crippen LogP contribution in [0.4, 0.5) is 0 Å². The van der Waals surface area contributed by atoms with Gasteiger partial charge in [-0.05, 0) is 13.3 Å². The van der Waals surface area contributed by atoms with Crippen LogP contribution in [0.5, 0.6) is 0 Å². The highest BCUT2D eigenvalue weighted by atomic mass is 35.5. The standard InChI is InChI=1S/C8H9ClN2S/c1-4-3-6-7(9)10-5(2)11-8(6)12-4/h4H,3H2,1-2H3. The molecule has 0 saturated heterocycles. The molecule has 0 fully saturated rings. The van der Waals surface area contributed by atoms with Crippen molar-refractivity contribution in [3.8, 4) is 0 Å². The van der Waals surface area contributed by atoms with Crippen molar-refractivity contribution in [3.05, 3.63) is 16.5 Å². The zero-order valence-corrected chi connectivity index (χ0v) is 8.54. The first-order chi connectivity index (χ1) is 5.66. The van der Waals surface area contributed by atoms with E-state index in [9.17, 15) is 0 Å². The minimum absolute atomic E-state index is 0.591. The van der Waals surface area contributed by atoms with Crippen molar-refractivity contribution in [2.24, 2.45) is 0 Å². The van der Waals surface area contributed by atoms with E-state index in [0.717, 1.165) is 22.8 Å². The Kier molecular flexibility index (Phi) is 2.00. The second-order valence-corrected chi connectivity index (χ2v) is 4.76. The first-order valence-corrected chi connectivity index (χ1v) is 5.12. The van der Waals surface area contributed by atoms with Crippen molar-refractivity contribution in [1.29, 1.82) is 0 Å². The Balaban J connectivity index is 2.52. The Hall–Kier alpha value is -0.280. The third-order valence-electron chi connectivity index (χ3n) is 1.83. The molecule has 1 aromatic heterocycles. The molecule has 0 saturated carbocycles. The number of thioether (sulfide) groups is 1. The summed E-state index contributed by atoms with van der Waals surface area (Å²) in [7, 11) is 0. The van der Waals surface area contributed by atoms with Crippen LogP contribution in [0.1, 0.15) is 18.3 Å². The van der Waals surface area contributed by atoms with E-state index in [1.54, 1.807) is 11.8 Å². The van der Waals surface area contributed by atoms with E-state index in [4.69, 9.17) is 11.6 Å². The van der Waals surface area contributed by atoms with Crippen LogP contribution in [0.15, 0.2) is 5.03 Å². The normalized spacial score (nSPS) is 21.1. The molecule has 2 rings (SSSR count). The summed E-state index contributed by atoms with van der Waals surface area (Å²) in [5.41, 5.74) is 1.12. The Morgan fingerprint density at radius 3 is 3.00 bits per heavy atom. The first kappa shape index (κ1) is 8.32. The number of halogens is 1. The van der Waals surface area contributed by atoms with Crippen molar-refractivity contribution >= 4 is 23.4 Å². The van der Waals surface area contributed by atoms with E-state index in [0.29, 0.717) is 10.4 Å². The van der Waals surface area contributed by atoms with Gasteiger partial charge in [0, 0.05) is 10.8 Å². The van der Waals surface area contributed by atoms with E-state index in [1.165, 1.54) is 0 Å². The summed E-state index contributed by atoms with van der Waals surface area (Å²) in [4.78, 5) is 8.45. The van der Waals surface area contributed by atoms with Crippen LogP contribution >= 0.6 is 23.4 Å². The minimum Gasteiger partial charge on any atom is -0.226 e. The van der Waals surface area contributed by atoms with Gasteiger partial charge in [0.15, 0.2) is 0 Å². The molecule has 0 aliphatic carbocycles. The molecule has 1 unspecified atom stereocenters. The van der Waals surface area contributed by atoms with Crippen LogP contribution < -0.4 is 0 Å². The summed E-state index contributed by atoms with van der Waals surface area (Å²) in [6.07, 6.45) is 0.999. The average Bonchev–Trinajstić information content (AvgIpc) is 2.29. The molecule has 1 atom stereocenters. The largest absolute Gasteiger partial charge is 0.226 e. The average molecular weight is 201 g/mol. The second-order valence-electron chi connectivity index (χ2n) is 2.98. The van der Waals surface area contributed by atoms with Crippen molar-refractivity contribution < 1.29 is 0 Å². The Bertz CT molecular complexity index is 327. The molecule has 1 aliphatic heterocycles. The van der Waals surface area contributed by atoms with Crippen LogP contribution in [0.2, 0.25) is 5.15 Å². The lowest BCUT2D eigenvalue weighted by Gasteiger charge is -1.99. The van der Waals surface area contributed by atoms with E-state index < -0.39 is 0 Å². The first-order valence-electron chi connectivity index (χ1n) is 3.86. The number of aryl methyl sites for hydroxylation is 1. The second kappa shape index (κ2) is 2.89. The molecule has 0 N–H and O–H groups in total. The molecule has 0 radical (unpaired) electrons. The quantitative estimate of drug-likeness (QED) is 0.602. The molecule has 0 amide bonds. The summed E-state index contributed by atoms with van der Waals surface area (Å²) in [6, 6.07) is 0. The summed E-state index contributed by atoms with van der Waals surface area (Å²) in [5.74, 6) is 0.764. The Morgan fingerprint density at radius 1 is 1.50 bits per heavy atom. The number of aromatic nitrogens is 2. The molecule has 64 valence electrons. The number of nitrogens with zero attached hydrogens (tertiary/aromatic N) is 2. The zero-order valence-electron chi connectivity index (χ0n) is 6.97. The zero-order chi connectivity index (χ0) is 8.72. The molecule has 1 aromatic rings. The predicted octanol–water partition coefficient (Wildman–Crippen LogP) is 2.48. The van der Waals surface area contributed by atoms with Crippen LogP contribution in [0.25, 0.3) is 0 Å². The topological polar surface area (TPSA) is 25.8 Å². The molecular weight excluding hydrogens is 192 g/mol. The van der Waals surface area contributed by atoms with Gasteiger partial charge in [0.05, 0.1) is 0 Å². The van der Waals surface area contributed by atoms with Crippen molar-refractivity contribution in [2.45, 2.75) is 30.5 Å². The summed E-state index contributed by atoms with van der Waals surface area (Å²) in [6.45, 7) is 4.05. The molecule has 0 aromatic carbocycles. The lowest BCUT2D eigenvalue weighted by Crippen LogP contribution is -1.95. The third-order valence-corrected chi connectivity index (χ3v) is 3.28. The lowest BCUT2D eigenvalue weighted by atomic mass is 10.2. The summed E-state index contributed by atoms with van der Waals surface area (Å²) >= 11 is 7.76. The molecule has 2 heterocycles. The van der Waals surface area contributed by atoms with Gasteiger partial charge >= 0.3 is 0 Å². The molecule has 0 bridgehead atoms. The van der Waals surface area contributed by atoms with Crippen molar-refractivity contribution in [3.63, 3.8) is 0 Å². The molecule has 12 heavy (non-hydrogen) atoms. The van der Waals surface area contributed by atoms with Gasteiger partial charge in [-0.1, -0.05) is 18.5 Å². The third kappa shape index (κ3) is 1.31. The number of fused-ring (bicyclic) bond motifs is 1. The fraction of sp³-hybridized carbons (Fsp3) is 0.500. The van der Waals surface area contributed by atoms with E-state index in [2.05, 4.69) is 16.9 Å². The summed E-state index contributed by atoms with van der Waals surface area (Å²) in [5, 5.41) is 2.29. The van der Waals surface area contributed by atoms with Gasteiger partial charge in [-0.3, -0.25) is 0 Å². The molecule has 0 spiro atoms. The van der Waals surface area contributed by atoms with Crippen LogP contribution in [0.3, 0.4) is 0 Å². The fourth-order valence-electron chi connectivity index (χ4n) is 1.33. The van der Waals surface area contributed by atoms with Gasteiger partial charge in [-0.15, -0.1) is 11.8 Å². The Morgan fingerprint density at radius 2 is 2.25 bits per heavy atom. The van der Waals surface area contributed by atoms with E-state index in [-0.39, 0.29) is 0 Å². The molecular formula is C8H9ClN2S. The maximum absolute atomic E-state index is 5.98. The van der Waals surface area contributed by atoms with Crippen molar-refractivity contribution in [2.75, 3.05) is 0 Å². The van der Waals surface area contributed by atoms with Crippen LogP contribution in [-0.2, 0) is 6.42 Å². The van der Waals surface area contributed by atoms with Gasteiger partial charge in [0.25, 0.3) is 0 Å². The maximum atomic E-state index is 5.98. The Labute approximate surface area is 80.8 Å². The fourth-order valence-corrected chi connectivity index (χ4v) is 2.81. The van der Waals surface area contributed by atoms with E-state index in [1.807, 2.05) is 6.92 Å². The van der Waals surface area contributed by atoms with Crippen molar-refractivity contribution in [1.82, 2.24) is 9.97 Å². The predicted molar refractivity (Wildman–Crippen MR) is 50.8 cm³/mol. The van der Waals surface area contributed by atoms with Gasteiger partial charge < -0.3 is 0 Å². The van der Waals surface area contributed by atoms with Crippen LogP contribution in [-0.4, -0.2) is 15.2 Å². The lowest BCUT2D eigenvalue weighted by molar-refractivity contribution is 0.893. The molecule has 4 heteroatoms. The van der Waals surface area contributed by atoms with E-state index >= 15 is 0 Å². The molecule has 1 aliphatic rings. The summed E-state index contributed by atoms with van der Waals surface area (Å²) < 4.78 is 0. The van der Waals surface area contributed by atoms with Gasteiger partial charge in [-0.2, -0.15) is 0 Å². The number of rotatable bonds is 0. The number of hydrogen-bond acceptors (Lipinski definition) is 3. The van der Waals surface area contributed by atoms with Gasteiger partial charge in [0.2, 0.25) is 0 Å². The van der Waals surface area contributed by atoms with Gasteiger partial charge in [0.1, 0.15) is 16.0 Å². The smallest absolute Gasteiger partial charge is 0.137 e. The highest BCUT2D eigenvalue weighted by Gasteiger charge is 2.23. The molecule has 2 nitrogen and oxygen atoms in total. The van der Waals surface area contributed by atoms with Gasteiger partial charge in [-0.25, -0.2) is 9.97 Å². The maximum Gasteiger partial charge on any atom is 0.137 e.